The number of nitrogens with zero attached hydrogens (tertiary/aromatic N) is 2. The topological polar surface area (TPSA) is 49.5 Å². The van der Waals surface area contributed by atoms with Gasteiger partial charge in [-0.1, -0.05) is 18.2 Å². The van der Waals surface area contributed by atoms with Crippen LogP contribution in [0.2, 0.25) is 0 Å². The predicted octanol–water partition coefficient (Wildman–Crippen LogP) is 7.30. The van der Waals surface area contributed by atoms with Crippen LogP contribution >= 0.6 is 11.8 Å². The summed E-state index contributed by atoms with van der Waals surface area (Å²) in [7, 11) is 1.98. The van der Waals surface area contributed by atoms with E-state index in [2.05, 4.69) is 9.88 Å². The number of hydrogen-bond acceptors (Lipinski definition) is 5. The number of aryl methyl sites for hydroxylation is 1. The Bertz CT molecular complexity index is 1270. The number of benzene rings is 2. The molecule has 2 heterocycles. The van der Waals surface area contributed by atoms with Gasteiger partial charge in [-0.15, -0.1) is 11.8 Å². The van der Waals surface area contributed by atoms with Crippen LogP contribution in [0, 0.1) is 6.92 Å². The number of aromatic nitrogens is 1. The molecule has 1 N–H and O–H groups in total. The van der Waals surface area contributed by atoms with Gasteiger partial charge in [0, 0.05) is 40.7 Å². The maximum Gasteiger partial charge on any atom is 0.416 e. The minimum absolute atomic E-state index is 0.250. The predicted molar refractivity (Wildman–Crippen MR) is 131 cm³/mol. The third kappa shape index (κ3) is 6.46. The molecule has 0 spiro atoms. The first-order valence-electron chi connectivity index (χ1n) is 11.0. The minimum atomic E-state index is -4.38. The van der Waals surface area contributed by atoms with E-state index in [0.717, 1.165) is 39.5 Å². The Hall–Kier alpha value is -3.23. The number of pyridine rings is 1. The lowest BCUT2D eigenvalue weighted by atomic mass is 10.1. The average Bonchev–Trinajstić information content (AvgIpc) is 3.22. The number of phenols is 1. The van der Waals surface area contributed by atoms with Gasteiger partial charge in [0.15, 0.2) is 0 Å². The number of phenolic OH excluding ortho intramolecular Hbond substituents is 1. The summed E-state index contributed by atoms with van der Waals surface area (Å²) in [5, 5.41) is 9.79. The van der Waals surface area contributed by atoms with Crippen molar-refractivity contribution in [3.8, 4) is 17.1 Å². The summed E-state index contributed by atoms with van der Waals surface area (Å²) in [6, 6.07) is 16.3. The second-order valence-corrected chi connectivity index (χ2v) is 9.45. The molecule has 35 heavy (non-hydrogen) atoms. The van der Waals surface area contributed by atoms with Gasteiger partial charge in [0.25, 0.3) is 0 Å². The van der Waals surface area contributed by atoms with Gasteiger partial charge in [0.2, 0.25) is 0 Å². The lowest BCUT2D eigenvalue weighted by Gasteiger charge is -2.16. The van der Waals surface area contributed by atoms with Crippen LogP contribution in [0.25, 0.3) is 11.3 Å². The Balaban J connectivity index is 1.57. The Labute approximate surface area is 206 Å². The molecule has 8 heteroatoms. The molecule has 182 valence electrons. The van der Waals surface area contributed by atoms with Gasteiger partial charge in [-0.3, -0.25) is 9.88 Å². The average molecular weight is 499 g/mol. The summed E-state index contributed by atoms with van der Waals surface area (Å²) >= 11 is 1.61. The van der Waals surface area contributed by atoms with Gasteiger partial charge < -0.3 is 9.52 Å². The number of hydrogen-bond donors (Lipinski definition) is 1. The van der Waals surface area contributed by atoms with E-state index < -0.39 is 11.7 Å². The van der Waals surface area contributed by atoms with Gasteiger partial charge in [0.05, 0.1) is 12.1 Å². The second-order valence-electron chi connectivity index (χ2n) is 8.40. The molecule has 0 amide bonds. The first kappa shape index (κ1) is 24.9. The van der Waals surface area contributed by atoms with E-state index in [1.54, 1.807) is 24.0 Å². The van der Waals surface area contributed by atoms with Gasteiger partial charge in [-0.2, -0.15) is 13.2 Å². The van der Waals surface area contributed by atoms with Gasteiger partial charge in [0.1, 0.15) is 17.3 Å². The molecule has 0 atom stereocenters. The molecule has 4 rings (SSSR count). The van der Waals surface area contributed by atoms with Crippen LogP contribution in [0.3, 0.4) is 0 Å². The molecule has 2 aromatic carbocycles. The lowest BCUT2D eigenvalue weighted by molar-refractivity contribution is -0.137. The van der Waals surface area contributed by atoms with E-state index in [9.17, 15) is 18.3 Å². The number of aromatic hydroxyl groups is 1. The van der Waals surface area contributed by atoms with E-state index in [-0.39, 0.29) is 5.75 Å². The van der Waals surface area contributed by atoms with E-state index in [0.29, 0.717) is 30.2 Å². The smallest absolute Gasteiger partial charge is 0.416 e. The van der Waals surface area contributed by atoms with Gasteiger partial charge >= 0.3 is 6.18 Å². The maximum atomic E-state index is 13.0. The Kier molecular flexibility index (Phi) is 7.52. The van der Waals surface area contributed by atoms with Gasteiger partial charge in [-0.05, 0) is 67.6 Å². The molecule has 0 saturated heterocycles. The number of rotatable bonds is 8. The fraction of sp³-hybridized carbons (Fsp3) is 0.222. The van der Waals surface area contributed by atoms with Crippen molar-refractivity contribution in [3.05, 3.63) is 101 Å². The first-order valence-corrected chi connectivity index (χ1v) is 12.0. The molecule has 4 aromatic rings. The summed E-state index contributed by atoms with van der Waals surface area (Å²) in [6.45, 7) is 3.05. The highest BCUT2D eigenvalue weighted by Crippen LogP contribution is 2.35. The summed E-state index contributed by atoms with van der Waals surface area (Å²) in [4.78, 5) is 7.26. The van der Waals surface area contributed by atoms with E-state index >= 15 is 0 Å². The van der Waals surface area contributed by atoms with Gasteiger partial charge in [-0.25, -0.2) is 0 Å². The molecule has 0 radical (unpaired) electrons. The van der Waals surface area contributed by atoms with Crippen molar-refractivity contribution in [1.82, 2.24) is 9.88 Å². The highest BCUT2D eigenvalue weighted by atomic mass is 32.2. The highest BCUT2D eigenvalue weighted by molar-refractivity contribution is 7.98. The number of thioether (sulfide) groups is 1. The Morgan fingerprint density at radius 2 is 1.80 bits per heavy atom. The van der Waals surface area contributed by atoms with E-state index in [1.807, 2.05) is 50.5 Å². The fourth-order valence-corrected chi connectivity index (χ4v) is 4.66. The van der Waals surface area contributed by atoms with Crippen molar-refractivity contribution >= 4 is 11.8 Å². The molecular formula is C27H25F3N2O2S. The van der Waals surface area contributed by atoms with Crippen molar-refractivity contribution in [1.29, 1.82) is 0 Å². The minimum Gasteiger partial charge on any atom is -0.508 e. The van der Waals surface area contributed by atoms with Crippen LogP contribution in [0.5, 0.6) is 5.75 Å². The van der Waals surface area contributed by atoms with Crippen molar-refractivity contribution in [2.75, 3.05) is 7.05 Å². The molecule has 0 saturated carbocycles. The zero-order valence-corrected chi connectivity index (χ0v) is 20.2. The lowest BCUT2D eigenvalue weighted by Crippen LogP contribution is -2.17. The summed E-state index contributed by atoms with van der Waals surface area (Å²) < 4.78 is 45.1. The Morgan fingerprint density at radius 1 is 1.03 bits per heavy atom. The Morgan fingerprint density at radius 3 is 2.46 bits per heavy atom. The van der Waals surface area contributed by atoms with Crippen LogP contribution in [-0.2, 0) is 25.0 Å². The summed E-state index contributed by atoms with van der Waals surface area (Å²) in [6.07, 6.45) is -0.838. The monoisotopic (exact) mass is 498 g/mol. The number of furan rings is 1. The van der Waals surface area contributed by atoms with E-state index in [1.165, 1.54) is 12.1 Å². The first-order chi connectivity index (χ1) is 16.7. The highest BCUT2D eigenvalue weighted by Gasteiger charge is 2.30. The number of alkyl halides is 3. The molecule has 4 nitrogen and oxygen atoms in total. The van der Waals surface area contributed by atoms with Crippen molar-refractivity contribution in [2.24, 2.45) is 0 Å². The van der Waals surface area contributed by atoms with Crippen LogP contribution in [0.4, 0.5) is 13.2 Å². The van der Waals surface area contributed by atoms with Crippen molar-refractivity contribution < 1.29 is 22.7 Å². The third-order valence-electron chi connectivity index (χ3n) is 5.54. The zero-order valence-electron chi connectivity index (χ0n) is 19.3. The molecule has 0 aliphatic rings. The van der Waals surface area contributed by atoms with Crippen LogP contribution in [-0.4, -0.2) is 22.0 Å². The maximum absolute atomic E-state index is 13.0. The van der Waals surface area contributed by atoms with E-state index in [4.69, 9.17) is 4.42 Å². The van der Waals surface area contributed by atoms with Crippen LogP contribution in [0.1, 0.15) is 28.0 Å². The molecule has 0 aliphatic carbocycles. The molecule has 0 bridgehead atoms. The largest absolute Gasteiger partial charge is 0.508 e. The van der Waals surface area contributed by atoms with Crippen molar-refractivity contribution in [3.63, 3.8) is 0 Å². The summed E-state index contributed by atoms with van der Waals surface area (Å²) in [5.74, 6) is 2.15. The van der Waals surface area contributed by atoms with Crippen LogP contribution in [0.15, 0.2) is 82.4 Å². The molecule has 0 unspecified atom stereocenters. The standard InChI is InChI=1S/C27H25F3N2O2S/c1-18-12-23(9-10-24(18)33)35-17-21-13-25(20-5-7-22(8-6-20)27(28,29)30)34-26(21)16-32(2)15-19-4-3-11-31-14-19/h3-14,33H,15-17H2,1-2H3. The molecular weight excluding hydrogens is 473 g/mol. The van der Waals surface area contributed by atoms with Crippen LogP contribution < -0.4 is 0 Å². The molecule has 0 fully saturated rings. The molecule has 0 aliphatic heterocycles. The fourth-order valence-electron chi connectivity index (χ4n) is 3.67. The molecule has 2 aromatic heterocycles. The zero-order chi connectivity index (χ0) is 25.0. The summed E-state index contributed by atoms with van der Waals surface area (Å²) in [5.41, 5.74) is 2.73. The second kappa shape index (κ2) is 10.6. The van der Waals surface area contributed by atoms with Crippen molar-refractivity contribution in [2.45, 2.75) is 36.8 Å². The third-order valence-corrected chi connectivity index (χ3v) is 6.59. The quantitative estimate of drug-likeness (QED) is 0.258. The normalized spacial score (nSPS) is 11.8. The SMILES string of the molecule is Cc1cc(SCc2cc(-c3ccc(C(F)(F)F)cc3)oc2CN(C)Cc2cccnc2)ccc1O. The number of halogens is 3.